The highest BCUT2D eigenvalue weighted by Crippen LogP contribution is 2.29. The first-order chi connectivity index (χ1) is 12.2. The van der Waals surface area contributed by atoms with Crippen LogP contribution in [0.2, 0.25) is 0 Å². The molecule has 0 aliphatic rings. The second-order valence-corrected chi connectivity index (χ2v) is 6.40. The number of benzene rings is 2. The molecule has 0 radical (unpaired) electrons. The summed E-state index contributed by atoms with van der Waals surface area (Å²) in [4.78, 5) is 4.50. The summed E-state index contributed by atoms with van der Waals surface area (Å²) in [6.45, 7) is 0. The van der Waals surface area contributed by atoms with Gasteiger partial charge in [-0.1, -0.05) is 12.1 Å². The van der Waals surface area contributed by atoms with Gasteiger partial charge in [0.05, 0.1) is 15.8 Å². The Morgan fingerprint density at radius 3 is 2.64 bits per heavy atom. The van der Waals surface area contributed by atoms with Crippen molar-refractivity contribution in [3.63, 3.8) is 0 Å². The van der Waals surface area contributed by atoms with E-state index in [1.165, 1.54) is 23.5 Å². The van der Waals surface area contributed by atoms with Crippen molar-refractivity contribution in [3.05, 3.63) is 77.2 Å². The number of nitriles is 1. The van der Waals surface area contributed by atoms with Crippen molar-refractivity contribution in [2.24, 2.45) is 0 Å². The molecule has 0 fully saturated rings. The van der Waals surface area contributed by atoms with E-state index in [1.54, 1.807) is 30.3 Å². The molecule has 0 unspecified atom stereocenters. The van der Waals surface area contributed by atoms with Gasteiger partial charge in [-0.2, -0.15) is 5.26 Å². The van der Waals surface area contributed by atoms with Gasteiger partial charge < -0.3 is 4.42 Å². The van der Waals surface area contributed by atoms with Gasteiger partial charge in [0.2, 0.25) is 0 Å². The molecule has 2 aromatic heterocycles. The zero-order chi connectivity index (χ0) is 17.2. The van der Waals surface area contributed by atoms with Crippen LogP contribution in [-0.4, -0.2) is 4.98 Å². The first-order valence-corrected chi connectivity index (χ1v) is 8.38. The topological polar surface area (TPSA) is 49.8 Å². The number of fused-ring (bicyclic) bond motifs is 1. The van der Waals surface area contributed by atoms with E-state index in [2.05, 4.69) is 11.1 Å². The lowest BCUT2D eigenvalue weighted by molar-refractivity contribution is 0.571. The summed E-state index contributed by atoms with van der Waals surface area (Å²) in [5, 5.41) is 10.1. The Labute approximate surface area is 147 Å². The van der Waals surface area contributed by atoms with Crippen LogP contribution in [0.25, 0.3) is 33.2 Å². The van der Waals surface area contributed by atoms with E-state index < -0.39 is 0 Å². The third kappa shape index (κ3) is 3.08. The van der Waals surface area contributed by atoms with Crippen molar-refractivity contribution >= 4 is 33.2 Å². The molecule has 0 saturated carbocycles. The Kier molecular flexibility index (Phi) is 3.88. The van der Waals surface area contributed by atoms with Gasteiger partial charge >= 0.3 is 0 Å². The number of furan rings is 1. The number of hydrogen-bond acceptors (Lipinski definition) is 4. The van der Waals surface area contributed by atoms with E-state index in [1.807, 2.05) is 24.3 Å². The largest absolute Gasteiger partial charge is 0.457 e. The molecule has 2 heterocycles. The summed E-state index contributed by atoms with van der Waals surface area (Å²) in [5.74, 6) is 0.876. The fraction of sp³-hybridized carbons (Fsp3) is 0. The Balaban J connectivity index is 1.69. The lowest BCUT2D eigenvalue weighted by Gasteiger charge is -1.96. The summed E-state index contributed by atoms with van der Waals surface area (Å²) in [6.07, 6.45) is 1.67. The van der Waals surface area contributed by atoms with Crippen molar-refractivity contribution < 1.29 is 8.81 Å². The van der Waals surface area contributed by atoms with Crippen LogP contribution < -0.4 is 0 Å². The molecule has 25 heavy (non-hydrogen) atoms. The van der Waals surface area contributed by atoms with E-state index in [0.29, 0.717) is 22.1 Å². The van der Waals surface area contributed by atoms with Gasteiger partial charge in [0.25, 0.3) is 0 Å². The van der Waals surface area contributed by atoms with Crippen LogP contribution in [0.5, 0.6) is 0 Å². The average Bonchev–Trinajstić information content (AvgIpc) is 3.27. The smallest absolute Gasteiger partial charge is 0.135 e. The third-order valence-electron chi connectivity index (χ3n) is 3.69. The van der Waals surface area contributed by atoms with E-state index in [-0.39, 0.29) is 5.82 Å². The quantitative estimate of drug-likeness (QED) is 0.443. The van der Waals surface area contributed by atoms with E-state index in [4.69, 9.17) is 4.42 Å². The molecule has 0 aliphatic carbocycles. The Hall–Kier alpha value is -3.23. The molecule has 0 N–H and O–H groups in total. The monoisotopic (exact) mass is 346 g/mol. The average molecular weight is 346 g/mol. The highest BCUT2D eigenvalue weighted by Gasteiger charge is 2.10. The molecule has 120 valence electrons. The predicted octanol–water partition coefficient (Wildman–Crippen LogP) is 5.76. The summed E-state index contributed by atoms with van der Waals surface area (Å²) < 4.78 is 19.8. The van der Waals surface area contributed by atoms with Gasteiger partial charge in [0.15, 0.2) is 0 Å². The number of thiazole rings is 1. The highest BCUT2D eigenvalue weighted by atomic mass is 32.1. The lowest BCUT2D eigenvalue weighted by atomic mass is 10.2. The van der Waals surface area contributed by atoms with Gasteiger partial charge in [-0.25, -0.2) is 9.37 Å². The predicted molar refractivity (Wildman–Crippen MR) is 97.2 cm³/mol. The van der Waals surface area contributed by atoms with Crippen LogP contribution in [0.3, 0.4) is 0 Å². The summed E-state index contributed by atoms with van der Waals surface area (Å²) in [7, 11) is 0. The lowest BCUT2D eigenvalue weighted by Crippen LogP contribution is -1.79. The third-order valence-corrected chi connectivity index (χ3v) is 4.76. The van der Waals surface area contributed by atoms with Crippen molar-refractivity contribution in [3.8, 4) is 17.4 Å². The van der Waals surface area contributed by atoms with E-state index in [9.17, 15) is 9.65 Å². The molecule has 0 amide bonds. The minimum absolute atomic E-state index is 0.293. The molecular formula is C20H11FN2OS. The molecular weight excluding hydrogens is 335 g/mol. The fourth-order valence-corrected chi connectivity index (χ4v) is 3.40. The molecule has 4 aromatic rings. The molecule has 0 spiro atoms. The van der Waals surface area contributed by atoms with Crippen molar-refractivity contribution in [2.45, 2.75) is 0 Å². The zero-order valence-electron chi connectivity index (χ0n) is 12.9. The fourth-order valence-electron chi connectivity index (χ4n) is 2.47. The van der Waals surface area contributed by atoms with Crippen LogP contribution in [0, 0.1) is 17.1 Å². The van der Waals surface area contributed by atoms with Crippen molar-refractivity contribution in [1.29, 1.82) is 5.26 Å². The Morgan fingerprint density at radius 1 is 1.08 bits per heavy atom. The molecule has 4 rings (SSSR count). The van der Waals surface area contributed by atoms with Gasteiger partial charge in [-0.05, 0) is 48.5 Å². The second-order valence-electron chi connectivity index (χ2n) is 5.37. The van der Waals surface area contributed by atoms with Crippen LogP contribution in [0.1, 0.15) is 10.8 Å². The number of halogens is 1. The second kappa shape index (κ2) is 6.34. The molecule has 0 bridgehead atoms. The summed E-state index contributed by atoms with van der Waals surface area (Å²) in [5.41, 5.74) is 2.09. The zero-order valence-corrected chi connectivity index (χ0v) is 13.8. The van der Waals surface area contributed by atoms with E-state index >= 15 is 0 Å². The van der Waals surface area contributed by atoms with Gasteiger partial charge in [0, 0.05) is 11.6 Å². The number of para-hydroxylation sites is 1. The highest BCUT2D eigenvalue weighted by molar-refractivity contribution is 7.19. The Bertz CT molecular complexity index is 1080. The molecule has 0 saturated heterocycles. The van der Waals surface area contributed by atoms with Crippen molar-refractivity contribution in [2.75, 3.05) is 0 Å². The Morgan fingerprint density at radius 2 is 1.88 bits per heavy atom. The maximum Gasteiger partial charge on any atom is 0.135 e. The van der Waals surface area contributed by atoms with E-state index in [0.717, 1.165) is 15.8 Å². The summed E-state index contributed by atoms with van der Waals surface area (Å²) >= 11 is 1.47. The number of rotatable bonds is 3. The normalized spacial score (nSPS) is 11.6. The first-order valence-electron chi connectivity index (χ1n) is 7.56. The van der Waals surface area contributed by atoms with Crippen LogP contribution in [0.4, 0.5) is 4.39 Å². The number of allylic oxidation sites excluding steroid dienone is 1. The molecule has 0 aliphatic heterocycles. The maximum absolute atomic E-state index is 13.0. The first kappa shape index (κ1) is 15.3. The number of nitrogens with zero attached hydrogens (tertiary/aromatic N) is 2. The van der Waals surface area contributed by atoms with Gasteiger partial charge in [0.1, 0.15) is 28.4 Å². The SMILES string of the molecule is N#CC(=Cc1ccc(-c2ccc(F)cc2)o1)c1nc2ccccc2s1. The number of aromatic nitrogens is 1. The molecule has 5 heteroatoms. The molecule has 2 aromatic carbocycles. The van der Waals surface area contributed by atoms with Crippen LogP contribution in [0.15, 0.2) is 65.1 Å². The summed E-state index contributed by atoms with van der Waals surface area (Å²) in [6, 6.07) is 19.6. The van der Waals surface area contributed by atoms with Crippen LogP contribution >= 0.6 is 11.3 Å². The maximum atomic E-state index is 13.0. The minimum Gasteiger partial charge on any atom is -0.457 e. The molecule has 3 nitrogen and oxygen atoms in total. The molecule has 0 atom stereocenters. The standard InChI is InChI=1S/C20H11FN2OS/c21-15-7-5-13(6-8-15)18-10-9-16(24-18)11-14(12-22)20-23-17-3-1-2-4-19(17)25-20/h1-11H. The van der Waals surface area contributed by atoms with Crippen LogP contribution in [-0.2, 0) is 0 Å². The van der Waals surface area contributed by atoms with Gasteiger partial charge in [-0.15, -0.1) is 11.3 Å². The van der Waals surface area contributed by atoms with Gasteiger partial charge in [-0.3, -0.25) is 0 Å². The van der Waals surface area contributed by atoms with Crippen molar-refractivity contribution in [1.82, 2.24) is 4.98 Å². The minimum atomic E-state index is -0.293. The number of hydrogen-bond donors (Lipinski definition) is 0.